The number of carbonyl (C=O) groups excluding carboxylic acids is 2. The fourth-order valence-corrected chi connectivity index (χ4v) is 1.18. The minimum Gasteiger partial charge on any atom is -0.427 e. The lowest BCUT2D eigenvalue weighted by Crippen LogP contribution is -2.15. The van der Waals surface area contributed by atoms with Crippen LogP contribution in [-0.4, -0.2) is 11.9 Å². The number of benzene rings is 1. The molecule has 0 saturated carbocycles. The van der Waals surface area contributed by atoms with Gasteiger partial charge in [-0.2, -0.15) is 0 Å². The summed E-state index contributed by atoms with van der Waals surface area (Å²) in [5.41, 5.74) is 3.72. The topological polar surface area (TPSA) is 64.6 Å². The molecule has 5 nitrogen and oxygen atoms in total. The van der Waals surface area contributed by atoms with Crippen LogP contribution in [0.2, 0.25) is 0 Å². The highest BCUT2D eigenvalue weighted by atomic mass is 16.7. The van der Waals surface area contributed by atoms with E-state index in [9.17, 15) is 9.59 Å². The summed E-state index contributed by atoms with van der Waals surface area (Å²) >= 11 is 0. The number of nitrogens with one attached hydrogen (secondary N) is 1. The molecule has 0 saturated heterocycles. The number of hydrogen-bond donors (Lipinski definition) is 1. The van der Waals surface area contributed by atoms with Crippen LogP contribution in [0, 0.1) is 0 Å². The van der Waals surface area contributed by atoms with Crippen molar-refractivity contribution in [2.45, 2.75) is 13.8 Å². The zero-order valence-electron chi connectivity index (χ0n) is 10.8. The van der Waals surface area contributed by atoms with Gasteiger partial charge in [0.05, 0.1) is 5.70 Å². The smallest absolute Gasteiger partial charge is 0.329 e. The first-order valence-electron chi connectivity index (χ1n) is 5.56. The van der Waals surface area contributed by atoms with Crippen molar-refractivity contribution >= 4 is 18.0 Å². The molecule has 0 aliphatic carbocycles. The Kier molecular flexibility index (Phi) is 5.35. The molecule has 0 aliphatic heterocycles. The molecule has 1 rings (SSSR count). The van der Waals surface area contributed by atoms with E-state index in [0.29, 0.717) is 11.4 Å². The molecule has 5 heteroatoms. The Bertz CT molecular complexity index is 503. The summed E-state index contributed by atoms with van der Waals surface area (Å²) in [7, 11) is 0. The van der Waals surface area contributed by atoms with Crippen molar-refractivity contribution in [2.24, 2.45) is 0 Å². The molecule has 0 spiro atoms. The summed E-state index contributed by atoms with van der Waals surface area (Å²) in [6.45, 7) is 6.29. The third kappa shape index (κ3) is 6.07. The van der Waals surface area contributed by atoms with Gasteiger partial charge < -0.3 is 9.57 Å². The number of allylic oxidation sites excluding steroid dienone is 1. The third-order valence-corrected chi connectivity index (χ3v) is 1.94. The standard InChI is InChI=1S/C14H15NO4/c1-10(15-19-12(3)17)4-5-13-6-8-14(9-7-13)18-11(2)16/h4-9,15H,1H2,2-3H3. The van der Waals surface area contributed by atoms with E-state index in [4.69, 9.17) is 4.74 Å². The molecule has 0 aliphatic rings. The number of carbonyl (C=O) groups is 2. The van der Waals surface area contributed by atoms with Crippen molar-refractivity contribution in [1.29, 1.82) is 0 Å². The van der Waals surface area contributed by atoms with E-state index in [0.717, 1.165) is 5.56 Å². The van der Waals surface area contributed by atoms with E-state index in [1.54, 1.807) is 36.4 Å². The number of ether oxygens (including phenoxy) is 1. The van der Waals surface area contributed by atoms with Crippen molar-refractivity contribution < 1.29 is 19.2 Å². The maximum absolute atomic E-state index is 10.7. The first-order valence-corrected chi connectivity index (χ1v) is 5.56. The number of hydroxylamine groups is 1. The van der Waals surface area contributed by atoms with Crippen molar-refractivity contribution in [3.63, 3.8) is 0 Å². The summed E-state index contributed by atoms with van der Waals surface area (Å²) < 4.78 is 4.91. The SMILES string of the molecule is C=C(C=Cc1ccc(OC(C)=O)cc1)NOC(C)=O. The fourth-order valence-electron chi connectivity index (χ4n) is 1.18. The molecule has 0 radical (unpaired) electrons. The number of esters is 1. The van der Waals surface area contributed by atoms with Crippen molar-refractivity contribution in [3.8, 4) is 5.75 Å². The minimum absolute atomic E-state index is 0.359. The molecule has 1 aromatic carbocycles. The summed E-state index contributed by atoms with van der Waals surface area (Å²) in [6.07, 6.45) is 3.43. The third-order valence-electron chi connectivity index (χ3n) is 1.94. The Labute approximate surface area is 111 Å². The van der Waals surface area contributed by atoms with Gasteiger partial charge >= 0.3 is 11.9 Å². The van der Waals surface area contributed by atoms with Crippen LogP contribution in [0.25, 0.3) is 6.08 Å². The van der Waals surface area contributed by atoms with E-state index in [2.05, 4.69) is 16.9 Å². The normalized spacial score (nSPS) is 10.0. The maximum Gasteiger partial charge on any atom is 0.329 e. The lowest BCUT2D eigenvalue weighted by Gasteiger charge is -2.03. The zero-order valence-corrected chi connectivity index (χ0v) is 10.8. The van der Waals surface area contributed by atoms with Crippen molar-refractivity contribution in [1.82, 2.24) is 5.48 Å². The first kappa shape index (κ1) is 14.5. The van der Waals surface area contributed by atoms with Crippen LogP contribution in [-0.2, 0) is 14.4 Å². The molecule has 0 unspecified atom stereocenters. The Morgan fingerprint density at radius 2 is 1.79 bits per heavy atom. The monoisotopic (exact) mass is 261 g/mol. The maximum atomic E-state index is 10.7. The van der Waals surface area contributed by atoms with Crippen LogP contribution in [0.3, 0.4) is 0 Å². The molecule has 0 aromatic heterocycles. The van der Waals surface area contributed by atoms with Crippen molar-refractivity contribution in [3.05, 3.63) is 48.2 Å². The fraction of sp³-hybridized carbons (Fsp3) is 0.143. The van der Waals surface area contributed by atoms with Crippen LogP contribution >= 0.6 is 0 Å². The van der Waals surface area contributed by atoms with Crippen LogP contribution in [0.5, 0.6) is 5.75 Å². The first-order chi connectivity index (χ1) is 8.97. The summed E-state index contributed by atoms with van der Waals surface area (Å²) in [5, 5.41) is 0. The quantitative estimate of drug-likeness (QED) is 0.381. The van der Waals surface area contributed by atoms with E-state index in [1.165, 1.54) is 13.8 Å². The highest BCUT2D eigenvalue weighted by Crippen LogP contribution is 2.13. The second-order valence-electron chi connectivity index (χ2n) is 3.72. The molecule has 100 valence electrons. The van der Waals surface area contributed by atoms with E-state index < -0.39 is 5.97 Å². The second kappa shape index (κ2) is 7.00. The highest BCUT2D eigenvalue weighted by molar-refractivity contribution is 5.69. The predicted molar refractivity (Wildman–Crippen MR) is 70.8 cm³/mol. The van der Waals surface area contributed by atoms with E-state index >= 15 is 0 Å². The Morgan fingerprint density at radius 3 is 2.32 bits per heavy atom. The molecule has 1 aromatic rings. The second-order valence-corrected chi connectivity index (χ2v) is 3.72. The van der Waals surface area contributed by atoms with Gasteiger partial charge in [-0.25, -0.2) is 5.48 Å². The lowest BCUT2D eigenvalue weighted by atomic mass is 10.2. The summed E-state index contributed by atoms with van der Waals surface area (Å²) in [5.74, 6) is -0.316. The van der Waals surface area contributed by atoms with Gasteiger partial charge in [-0.05, 0) is 23.8 Å². The largest absolute Gasteiger partial charge is 0.427 e. The van der Waals surface area contributed by atoms with Crippen LogP contribution < -0.4 is 10.2 Å². The Balaban J connectivity index is 2.55. The molecular formula is C14H15NO4. The molecule has 0 atom stereocenters. The average Bonchev–Trinajstić information content (AvgIpc) is 2.35. The van der Waals surface area contributed by atoms with Crippen LogP contribution in [0.1, 0.15) is 19.4 Å². The molecule has 0 fully saturated rings. The predicted octanol–water partition coefficient (Wildman–Crippen LogP) is 2.21. The number of rotatable bonds is 5. The average molecular weight is 261 g/mol. The summed E-state index contributed by atoms with van der Waals surface area (Å²) in [4.78, 5) is 25.9. The van der Waals surface area contributed by atoms with E-state index in [1.807, 2.05) is 0 Å². The van der Waals surface area contributed by atoms with E-state index in [-0.39, 0.29) is 5.97 Å². The Hall–Kier alpha value is -2.56. The van der Waals surface area contributed by atoms with Gasteiger partial charge in [-0.1, -0.05) is 24.8 Å². The molecular weight excluding hydrogens is 246 g/mol. The minimum atomic E-state index is -0.444. The molecule has 19 heavy (non-hydrogen) atoms. The van der Waals surface area contributed by atoms with Crippen LogP contribution in [0.15, 0.2) is 42.6 Å². The molecule has 1 N–H and O–H groups in total. The van der Waals surface area contributed by atoms with Gasteiger partial charge in [0.25, 0.3) is 0 Å². The number of hydrogen-bond acceptors (Lipinski definition) is 5. The summed E-state index contributed by atoms with van der Waals surface area (Å²) in [6, 6.07) is 6.94. The van der Waals surface area contributed by atoms with Gasteiger partial charge in [0.1, 0.15) is 5.75 Å². The van der Waals surface area contributed by atoms with Crippen molar-refractivity contribution in [2.75, 3.05) is 0 Å². The molecule has 0 bridgehead atoms. The zero-order chi connectivity index (χ0) is 14.3. The van der Waals surface area contributed by atoms with Crippen LogP contribution in [0.4, 0.5) is 0 Å². The highest BCUT2D eigenvalue weighted by Gasteiger charge is 1.97. The Morgan fingerprint density at radius 1 is 1.16 bits per heavy atom. The lowest BCUT2D eigenvalue weighted by molar-refractivity contribution is -0.146. The van der Waals surface area contributed by atoms with Gasteiger partial charge in [0.2, 0.25) is 0 Å². The van der Waals surface area contributed by atoms with Gasteiger partial charge in [0, 0.05) is 13.8 Å². The van der Waals surface area contributed by atoms with Gasteiger partial charge in [-0.3, -0.25) is 9.59 Å². The molecule has 0 heterocycles. The van der Waals surface area contributed by atoms with Gasteiger partial charge in [0.15, 0.2) is 0 Å². The molecule has 0 amide bonds. The van der Waals surface area contributed by atoms with Gasteiger partial charge in [-0.15, -0.1) is 0 Å².